The van der Waals surface area contributed by atoms with Crippen LogP contribution in [-0.2, 0) is 0 Å². The summed E-state index contributed by atoms with van der Waals surface area (Å²) in [5.41, 5.74) is 0.288. The molecule has 102 valence electrons. The van der Waals surface area contributed by atoms with Gasteiger partial charge in [0.2, 0.25) is 5.88 Å². The molecule has 0 saturated carbocycles. The zero-order chi connectivity index (χ0) is 14.3. The lowest BCUT2D eigenvalue weighted by molar-refractivity contribution is 0.394. The first-order valence-electron chi connectivity index (χ1n) is 5.51. The molecule has 5 nitrogen and oxygen atoms in total. The third kappa shape index (κ3) is 1.92. The number of para-hydroxylation sites is 1. The van der Waals surface area contributed by atoms with Crippen LogP contribution in [0.25, 0.3) is 16.9 Å². The number of fused-ring (bicyclic) bond motifs is 1. The normalized spacial score (nSPS) is 11.0. The van der Waals surface area contributed by atoms with Crippen molar-refractivity contribution >= 4 is 27.1 Å². The van der Waals surface area contributed by atoms with Gasteiger partial charge in [0.05, 0.1) is 13.3 Å². The number of benzene rings is 1. The zero-order valence-electron chi connectivity index (χ0n) is 10.1. The minimum absolute atomic E-state index is 0.203. The second kappa shape index (κ2) is 4.78. The molecule has 8 heteroatoms. The third-order valence-corrected chi connectivity index (χ3v) is 3.19. The van der Waals surface area contributed by atoms with Crippen molar-refractivity contribution in [1.29, 1.82) is 0 Å². The summed E-state index contributed by atoms with van der Waals surface area (Å²) in [6, 6.07) is 3.58. The fraction of sp³-hybridized carbons (Fsp3) is 0.0833. The number of nitrogens with zero attached hydrogens (tertiary/aromatic N) is 4. The van der Waals surface area contributed by atoms with Gasteiger partial charge in [-0.2, -0.15) is 10.1 Å². The maximum atomic E-state index is 13.8. The molecule has 1 aromatic carbocycles. The second-order valence-electron chi connectivity index (χ2n) is 3.86. The van der Waals surface area contributed by atoms with Crippen molar-refractivity contribution < 1.29 is 13.5 Å². The Morgan fingerprint density at radius 3 is 2.55 bits per heavy atom. The van der Waals surface area contributed by atoms with Crippen LogP contribution in [0.5, 0.6) is 5.88 Å². The number of methoxy groups -OCH3 is 1. The van der Waals surface area contributed by atoms with Gasteiger partial charge in [-0.15, -0.1) is 0 Å². The molecular formula is C12H7BrF2N4O. The lowest BCUT2D eigenvalue weighted by atomic mass is 10.3. The SMILES string of the molecule is COc1nc2c(cnn2-c2c(F)cccc2F)nc1Br. The Labute approximate surface area is 120 Å². The quantitative estimate of drug-likeness (QED) is 0.719. The predicted molar refractivity (Wildman–Crippen MR) is 70.8 cm³/mol. The smallest absolute Gasteiger partial charge is 0.249 e. The average molecular weight is 341 g/mol. The van der Waals surface area contributed by atoms with Gasteiger partial charge in [-0.25, -0.2) is 18.4 Å². The van der Waals surface area contributed by atoms with E-state index in [0.717, 1.165) is 16.8 Å². The van der Waals surface area contributed by atoms with E-state index in [1.165, 1.54) is 19.4 Å². The first kappa shape index (κ1) is 12.9. The molecule has 3 rings (SSSR count). The average Bonchev–Trinajstić information content (AvgIpc) is 2.80. The molecule has 0 unspecified atom stereocenters. The van der Waals surface area contributed by atoms with E-state index in [-0.39, 0.29) is 17.2 Å². The van der Waals surface area contributed by atoms with Crippen LogP contribution in [0, 0.1) is 11.6 Å². The van der Waals surface area contributed by atoms with Gasteiger partial charge >= 0.3 is 0 Å². The van der Waals surface area contributed by atoms with Crippen LogP contribution in [0.1, 0.15) is 0 Å². The van der Waals surface area contributed by atoms with Gasteiger partial charge in [0.1, 0.15) is 11.2 Å². The maximum absolute atomic E-state index is 13.8. The molecule has 0 bridgehead atoms. The fourth-order valence-electron chi connectivity index (χ4n) is 1.80. The van der Waals surface area contributed by atoms with Crippen molar-refractivity contribution in [3.05, 3.63) is 40.6 Å². The molecule has 0 fully saturated rings. The summed E-state index contributed by atoms with van der Waals surface area (Å²) in [7, 11) is 1.42. The van der Waals surface area contributed by atoms with Crippen molar-refractivity contribution in [2.24, 2.45) is 0 Å². The van der Waals surface area contributed by atoms with E-state index in [1.54, 1.807) is 0 Å². The van der Waals surface area contributed by atoms with Gasteiger partial charge in [-0.05, 0) is 28.1 Å². The fourth-order valence-corrected chi connectivity index (χ4v) is 2.24. The van der Waals surface area contributed by atoms with Gasteiger partial charge in [0, 0.05) is 0 Å². The maximum Gasteiger partial charge on any atom is 0.249 e. The van der Waals surface area contributed by atoms with Crippen molar-refractivity contribution in [3.63, 3.8) is 0 Å². The van der Waals surface area contributed by atoms with Gasteiger partial charge < -0.3 is 4.74 Å². The topological polar surface area (TPSA) is 52.8 Å². The van der Waals surface area contributed by atoms with Crippen LogP contribution >= 0.6 is 15.9 Å². The number of hydrogen-bond acceptors (Lipinski definition) is 4. The van der Waals surface area contributed by atoms with E-state index in [4.69, 9.17) is 4.74 Å². The standard InChI is InChI=1S/C12H7BrF2N4O/c1-20-12-10(13)17-8-5-16-19(11(8)18-12)9-6(14)3-2-4-7(9)15/h2-5H,1H3. The molecular weight excluding hydrogens is 334 g/mol. The molecule has 0 saturated heterocycles. The lowest BCUT2D eigenvalue weighted by Crippen LogP contribution is -2.04. The van der Waals surface area contributed by atoms with Crippen LogP contribution in [0.15, 0.2) is 29.0 Å². The minimum atomic E-state index is -0.737. The largest absolute Gasteiger partial charge is 0.479 e. The summed E-state index contributed by atoms with van der Waals surface area (Å²) in [6.07, 6.45) is 1.37. The van der Waals surface area contributed by atoms with E-state index < -0.39 is 11.6 Å². The molecule has 2 heterocycles. The number of aromatic nitrogens is 4. The van der Waals surface area contributed by atoms with Crippen molar-refractivity contribution in [3.8, 4) is 11.6 Å². The molecule has 0 radical (unpaired) electrons. The van der Waals surface area contributed by atoms with Crippen LogP contribution in [-0.4, -0.2) is 26.9 Å². The summed E-state index contributed by atoms with van der Waals surface area (Å²) < 4.78 is 34.1. The third-order valence-electron chi connectivity index (χ3n) is 2.67. The Hall–Kier alpha value is -2.09. The van der Waals surface area contributed by atoms with E-state index in [2.05, 4.69) is 31.0 Å². The number of hydrogen-bond donors (Lipinski definition) is 0. The highest BCUT2D eigenvalue weighted by molar-refractivity contribution is 9.10. The first-order chi connectivity index (χ1) is 9.61. The molecule has 20 heavy (non-hydrogen) atoms. The van der Waals surface area contributed by atoms with Gasteiger partial charge in [0.15, 0.2) is 21.9 Å². The van der Waals surface area contributed by atoms with Crippen LogP contribution in [0.3, 0.4) is 0 Å². The zero-order valence-corrected chi connectivity index (χ0v) is 11.7. The Morgan fingerprint density at radius 2 is 1.90 bits per heavy atom. The van der Waals surface area contributed by atoms with Crippen molar-refractivity contribution in [1.82, 2.24) is 19.7 Å². The van der Waals surface area contributed by atoms with Crippen molar-refractivity contribution in [2.75, 3.05) is 7.11 Å². The first-order valence-corrected chi connectivity index (χ1v) is 6.30. The number of rotatable bonds is 2. The Balaban J connectivity index is 2.32. The molecule has 0 aliphatic carbocycles. The number of halogens is 3. The molecule has 0 atom stereocenters. The van der Waals surface area contributed by atoms with Crippen LogP contribution in [0.2, 0.25) is 0 Å². The van der Waals surface area contributed by atoms with Gasteiger partial charge in [0.25, 0.3) is 0 Å². The summed E-state index contributed by atoms with van der Waals surface area (Å²) in [5, 5.41) is 3.94. The molecule has 0 spiro atoms. The highest BCUT2D eigenvalue weighted by atomic mass is 79.9. The molecule has 0 N–H and O–H groups in total. The Bertz CT molecular complexity index is 785. The molecule has 0 amide bonds. The Morgan fingerprint density at radius 1 is 1.20 bits per heavy atom. The van der Waals surface area contributed by atoms with Gasteiger partial charge in [-0.1, -0.05) is 6.07 Å². The minimum Gasteiger partial charge on any atom is -0.479 e. The highest BCUT2D eigenvalue weighted by Gasteiger charge is 2.17. The monoisotopic (exact) mass is 340 g/mol. The summed E-state index contributed by atoms with van der Waals surface area (Å²) >= 11 is 3.19. The molecule has 0 aliphatic heterocycles. The van der Waals surface area contributed by atoms with Crippen LogP contribution < -0.4 is 4.74 Å². The summed E-state index contributed by atoms with van der Waals surface area (Å²) in [5.74, 6) is -1.27. The summed E-state index contributed by atoms with van der Waals surface area (Å²) in [6.45, 7) is 0. The summed E-state index contributed by atoms with van der Waals surface area (Å²) in [4.78, 5) is 8.30. The van der Waals surface area contributed by atoms with E-state index in [0.29, 0.717) is 10.1 Å². The van der Waals surface area contributed by atoms with Gasteiger partial charge in [-0.3, -0.25) is 0 Å². The Kier molecular flexibility index (Phi) is 3.09. The lowest BCUT2D eigenvalue weighted by Gasteiger charge is -2.06. The number of ether oxygens (including phenoxy) is 1. The van der Waals surface area contributed by atoms with E-state index in [9.17, 15) is 8.78 Å². The second-order valence-corrected chi connectivity index (χ2v) is 4.61. The highest BCUT2D eigenvalue weighted by Crippen LogP contribution is 2.26. The van der Waals surface area contributed by atoms with Crippen molar-refractivity contribution in [2.45, 2.75) is 0 Å². The predicted octanol–water partition coefficient (Wildman–Crippen LogP) is 2.86. The molecule has 0 aliphatic rings. The molecule has 3 aromatic rings. The van der Waals surface area contributed by atoms with E-state index in [1.807, 2.05) is 0 Å². The van der Waals surface area contributed by atoms with E-state index >= 15 is 0 Å². The van der Waals surface area contributed by atoms with Crippen LogP contribution in [0.4, 0.5) is 8.78 Å². The molecule has 2 aromatic heterocycles.